The molecule has 0 N–H and O–H groups in total. The van der Waals surface area contributed by atoms with Crippen molar-refractivity contribution < 1.29 is 0 Å². The lowest BCUT2D eigenvalue weighted by Gasteiger charge is -2.15. The molecule has 6 heteroatoms. The Kier molecular flexibility index (Phi) is 6.01. The number of unbranched alkanes of at least 4 members (excludes halogenated alkanes) is 1. The minimum Gasteiger partial charge on any atom is -0.378 e. The maximum atomic E-state index is 13.2. The first-order chi connectivity index (χ1) is 13.7. The van der Waals surface area contributed by atoms with E-state index in [1.165, 1.54) is 4.68 Å². The minimum absolute atomic E-state index is 0.0589. The van der Waals surface area contributed by atoms with Gasteiger partial charge in [0, 0.05) is 25.3 Å². The van der Waals surface area contributed by atoms with Gasteiger partial charge in [0.15, 0.2) is 5.82 Å². The minimum atomic E-state index is -0.0589. The Labute approximate surface area is 173 Å². The molecule has 0 fully saturated rings. The van der Waals surface area contributed by atoms with Gasteiger partial charge in [0.05, 0.1) is 17.1 Å². The van der Waals surface area contributed by atoms with Crippen molar-refractivity contribution in [3.05, 3.63) is 51.2 Å². The Morgan fingerprint density at radius 3 is 2.52 bits per heavy atom. The fourth-order valence-corrected chi connectivity index (χ4v) is 3.53. The zero-order chi connectivity index (χ0) is 21.3. The van der Waals surface area contributed by atoms with E-state index in [1.54, 1.807) is 0 Å². The number of aliphatic imine (C=N–C) groups is 1. The largest absolute Gasteiger partial charge is 0.378 e. The van der Waals surface area contributed by atoms with Crippen LogP contribution in [0, 0.1) is 6.92 Å². The van der Waals surface area contributed by atoms with Crippen molar-refractivity contribution in [3.63, 3.8) is 0 Å². The monoisotopic (exact) mass is 393 g/mol. The maximum Gasteiger partial charge on any atom is 0.277 e. The van der Waals surface area contributed by atoms with Gasteiger partial charge in [-0.25, -0.2) is 9.98 Å². The van der Waals surface area contributed by atoms with Gasteiger partial charge in [-0.2, -0.15) is 9.78 Å². The van der Waals surface area contributed by atoms with Gasteiger partial charge in [0.25, 0.3) is 5.56 Å². The summed E-state index contributed by atoms with van der Waals surface area (Å²) >= 11 is 0. The molecule has 0 amide bonds. The zero-order valence-electron chi connectivity index (χ0n) is 18.6. The Balaban J connectivity index is 2.14. The molecule has 1 aliphatic rings. The molecule has 2 heterocycles. The van der Waals surface area contributed by atoms with Gasteiger partial charge in [0.1, 0.15) is 5.71 Å². The SMILES string of the molecule is CCCCc1c(C(C)C)nc2n(c1=O)N=C(C)C2=Nc1ccc(N(C)C)cc1C. The smallest absolute Gasteiger partial charge is 0.277 e. The van der Waals surface area contributed by atoms with Crippen LogP contribution in [0.2, 0.25) is 0 Å². The average molecular weight is 394 g/mol. The summed E-state index contributed by atoms with van der Waals surface area (Å²) in [4.78, 5) is 25.0. The quantitative estimate of drug-likeness (QED) is 0.729. The molecule has 0 saturated carbocycles. The van der Waals surface area contributed by atoms with Crippen LogP contribution in [-0.2, 0) is 6.42 Å². The van der Waals surface area contributed by atoms with Gasteiger partial charge in [-0.1, -0.05) is 27.2 Å². The highest BCUT2D eigenvalue weighted by Crippen LogP contribution is 2.26. The van der Waals surface area contributed by atoms with E-state index in [0.29, 0.717) is 17.2 Å². The van der Waals surface area contributed by atoms with Crippen LogP contribution in [0.3, 0.4) is 0 Å². The first-order valence-electron chi connectivity index (χ1n) is 10.3. The topological polar surface area (TPSA) is 62.9 Å². The molecule has 0 aliphatic carbocycles. The molecule has 6 nitrogen and oxygen atoms in total. The van der Waals surface area contributed by atoms with E-state index in [9.17, 15) is 4.79 Å². The maximum absolute atomic E-state index is 13.2. The molecule has 1 aromatic carbocycles. The summed E-state index contributed by atoms with van der Waals surface area (Å²) in [5.41, 5.74) is 6.05. The fraction of sp³-hybridized carbons (Fsp3) is 0.478. The van der Waals surface area contributed by atoms with E-state index in [2.05, 4.69) is 36.8 Å². The summed E-state index contributed by atoms with van der Waals surface area (Å²) in [6.45, 7) is 10.2. The van der Waals surface area contributed by atoms with Gasteiger partial charge in [-0.3, -0.25) is 4.79 Å². The zero-order valence-corrected chi connectivity index (χ0v) is 18.6. The number of hydrogen-bond acceptors (Lipinski definition) is 5. The Hall–Kier alpha value is -2.76. The van der Waals surface area contributed by atoms with Crippen molar-refractivity contribution in [1.82, 2.24) is 9.66 Å². The van der Waals surface area contributed by atoms with Gasteiger partial charge in [-0.05, 0) is 56.4 Å². The van der Waals surface area contributed by atoms with Crippen molar-refractivity contribution in [2.24, 2.45) is 10.1 Å². The van der Waals surface area contributed by atoms with Gasteiger partial charge in [0.2, 0.25) is 0 Å². The molecule has 2 aromatic rings. The molecule has 29 heavy (non-hydrogen) atoms. The second-order valence-corrected chi connectivity index (χ2v) is 8.19. The summed E-state index contributed by atoms with van der Waals surface area (Å²) in [6, 6.07) is 6.15. The van der Waals surface area contributed by atoms with Crippen molar-refractivity contribution in [1.29, 1.82) is 0 Å². The van der Waals surface area contributed by atoms with Crippen molar-refractivity contribution in [2.45, 2.75) is 59.8 Å². The lowest BCUT2D eigenvalue weighted by molar-refractivity contribution is 0.688. The van der Waals surface area contributed by atoms with E-state index >= 15 is 0 Å². The third kappa shape index (κ3) is 4.02. The lowest BCUT2D eigenvalue weighted by Crippen LogP contribution is -2.27. The molecule has 0 bridgehead atoms. The van der Waals surface area contributed by atoms with E-state index in [0.717, 1.165) is 47.5 Å². The number of aryl methyl sites for hydroxylation is 1. The molecule has 0 saturated heterocycles. The molecular weight excluding hydrogens is 362 g/mol. The number of rotatable bonds is 6. The molecular formula is C23H31N5O. The summed E-state index contributed by atoms with van der Waals surface area (Å²) in [5, 5.41) is 4.49. The predicted octanol–water partition coefficient (Wildman–Crippen LogP) is 4.44. The molecule has 154 valence electrons. The first kappa shape index (κ1) is 21.0. The predicted molar refractivity (Wildman–Crippen MR) is 121 cm³/mol. The Morgan fingerprint density at radius 2 is 1.93 bits per heavy atom. The Bertz CT molecular complexity index is 1040. The highest BCUT2D eigenvalue weighted by atomic mass is 16.1. The highest BCUT2D eigenvalue weighted by Gasteiger charge is 2.27. The van der Waals surface area contributed by atoms with E-state index in [-0.39, 0.29) is 11.5 Å². The lowest BCUT2D eigenvalue weighted by atomic mass is 10.0. The van der Waals surface area contributed by atoms with Crippen LogP contribution in [0.1, 0.15) is 69.1 Å². The van der Waals surface area contributed by atoms with Gasteiger partial charge >= 0.3 is 0 Å². The average Bonchev–Trinajstić information content (AvgIpc) is 2.98. The summed E-state index contributed by atoms with van der Waals surface area (Å²) in [5.74, 6) is 0.719. The molecule has 1 aromatic heterocycles. The van der Waals surface area contributed by atoms with Gasteiger partial charge < -0.3 is 4.90 Å². The first-order valence-corrected chi connectivity index (χ1v) is 10.3. The van der Waals surface area contributed by atoms with E-state index in [4.69, 9.17) is 9.98 Å². The third-order valence-corrected chi connectivity index (χ3v) is 5.25. The number of nitrogens with zero attached hydrogens (tertiary/aromatic N) is 5. The van der Waals surface area contributed by atoms with E-state index < -0.39 is 0 Å². The molecule has 3 rings (SSSR count). The number of anilines is 1. The van der Waals surface area contributed by atoms with Crippen molar-refractivity contribution >= 4 is 22.8 Å². The van der Waals surface area contributed by atoms with Crippen LogP contribution in [0.4, 0.5) is 11.4 Å². The Morgan fingerprint density at radius 1 is 1.21 bits per heavy atom. The van der Waals surface area contributed by atoms with Crippen molar-refractivity contribution in [2.75, 3.05) is 19.0 Å². The fourth-order valence-electron chi connectivity index (χ4n) is 3.53. The summed E-state index contributed by atoms with van der Waals surface area (Å²) in [6.07, 6.45) is 2.75. The number of hydrogen-bond donors (Lipinski definition) is 0. The second-order valence-electron chi connectivity index (χ2n) is 8.19. The van der Waals surface area contributed by atoms with Crippen LogP contribution in [0.25, 0.3) is 0 Å². The second kappa shape index (κ2) is 8.31. The van der Waals surface area contributed by atoms with Crippen LogP contribution >= 0.6 is 0 Å². The normalized spacial score (nSPS) is 14.5. The standard InChI is InChI=1S/C23H31N5O/c1-8-9-10-18-20(14(2)3)25-22-21(16(5)26-28(22)23(18)29)24-19-12-11-17(27(6)7)13-15(19)4/h11-14H,8-10H2,1-7H3. The van der Waals surface area contributed by atoms with E-state index in [1.807, 2.05) is 40.1 Å². The molecule has 0 spiro atoms. The third-order valence-electron chi connectivity index (χ3n) is 5.25. The summed E-state index contributed by atoms with van der Waals surface area (Å²) in [7, 11) is 4.04. The molecule has 0 radical (unpaired) electrons. The number of benzene rings is 1. The van der Waals surface area contributed by atoms with Gasteiger partial charge in [-0.15, -0.1) is 0 Å². The number of aromatic nitrogens is 2. The van der Waals surface area contributed by atoms with Crippen LogP contribution in [0.5, 0.6) is 0 Å². The highest BCUT2D eigenvalue weighted by molar-refractivity contribution is 6.48. The summed E-state index contributed by atoms with van der Waals surface area (Å²) < 4.78 is 1.44. The van der Waals surface area contributed by atoms with Crippen LogP contribution in [-0.4, -0.2) is 35.2 Å². The van der Waals surface area contributed by atoms with Crippen molar-refractivity contribution in [3.8, 4) is 0 Å². The molecule has 0 atom stereocenters. The van der Waals surface area contributed by atoms with Crippen LogP contribution in [0.15, 0.2) is 33.1 Å². The molecule has 0 unspecified atom stereocenters. The number of fused-ring (bicyclic) bond motifs is 1. The van der Waals surface area contributed by atoms with Crippen LogP contribution < -0.4 is 10.5 Å². The molecule has 1 aliphatic heterocycles.